The summed E-state index contributed by atoms with van der Waals surface area (Å²) in [6, 6.07) is 14.2. The van der Waals surface area contributed by atoms with E-state index < -0.39 is 0 Å². The maximum atomic E-state index is 13.3. The fourth-order valence-corrected chi connectivity index (χ4v) is 3.01. The van der Waals surface area contributed by atoms with Gasteiger partial charge in [0.25, 0.3) is 5.91 Å². The summed E-state index contributed by atoms with van der Waals surface area (Å²) >= 11 is 3.24. The molecule has 0 radical (unpaired) electrons. The summed E-state index contributed by atoms with van der Waals surface area (Å²) in [6.45, 7) is 0.275. The summed E-state index contributed by atoms with van der Waals surface area (Å²) in [5, 5.41) is 3.84. The van der Waals surface area contributed by atoms with Crippen molar-refractivity contribution < 1.29 is 9.18 Å². The fraction of sp³-hybridized carbons (Fsp3) is 0.118. The molecule has 0 spiro atoms. The van der Waals surface area contributed by atoms with Gasteiger partial charge in [0.1, 0.15) is 11.5 Å². The van der Waals surface area contributed by atoms with Crippen LogP contribution in [-0.4, -0.2) is 10.5 Å². The molecule has 1 heterocycles. The van der Waals surface area contributed by atoms with Crippen LogP contribution in [0.2, 0.25) is 0 Å². The zero-order chi connectivity index (χ0) is 15.7. The van der Waals surface area contributed by atoms with E-state index in [0.29, 0.717) is 15.7 Å². The highest BCUT2D eigenvalue weighted by Crippen LogP contribution is 2.19. The van der Waals surface area contributed by atoms with Crippen LogP contribution in [0.4, 0.5) is 4.39 Å². The van der Waals surface area contributed by atoms with Gasteiger partial charge >= 0.3 is 0 Å². The summed E-state index contributed by atoms with van der Waals surface area (Å²) in [4.78, 5) is 12.3. The number of nitrogens with zero attached hydrogens (tertiary/aromatic N) is 1. The Hall–Kier alpha value is -2.14. The van der Waals surface area contributed by atoms with Gasteiger partial charge in [-0.25, -0.2) is 4.39 Å². The summed E-state index contributed by atoms with van der Waals surface area (Å²) in [7, 11) is 1.86. The number of fused-ring (bicyclic) bond motifs is 1. The topological polar surface area (TPSA) is 34.0 Å². The third-order valence-electron chi connectivity index (χ3n) is 3.56. The fourth-order valence-electron chi connectivity index (χ4n) is 2.49. The molecule has 3 nitrogen and oxygen atoms in total. The minimum atomic E-state index is -0.330. The zero-order valence-electron chi connectivity index (χ0n) is 11.9. The number of hydrogen-bond acceptors (Lipinski definition) is 1. The van der Waals surface area contributed by atoms with Crippen molar-refractivity contribution in [2.45, 2.75) is 6.54 Å². The summed E-state index contributed by atoms with van der Waals surface area (Å²) in [5.74, 6) is -0.512. The lowest BCUT2D eigenvalue weighted by Gasteiger charge is -2.07. The number of benzene rings is 2. The van der Waals surface area contributed by atoms with Gasteiger partial charge in [0.2, 0.25) is 0 Å². The third kappa shape index (κ3) is 2.90. The minimum Gasteiger partial charge on any atom is -0.347 e. The molecule has 3 rings (SSSR count). The third-order valence-corrected chi connectivity index (χ3v) is 4.02. The monoisotopic (exact) mass is 360 g/mol. The average Bonchev–Trinajstić information content (AvgIpc) is 2.82. The Morgan fingerprint density at radius 2 is 2.00 bits per heavy atom. The number of para-hydroxylation sites is 1. The van der Waals surface area contributed by atoms with E-state index in [4.69, 9.17) is 0 Å². The smallest absolute Gasteiger partial charge is 0.268 e. The molecule has 3 aromatic rings. The van der Waals surface area contributed by atoms with Crippen molar-refractivity contribution >= 4 is 32.7 Å². The van der Waals surface area contributed by atoms with Gasteiger partial charge in [0.15, 0.2) is 0 Å². The largest absolute Gasteiger partial charge is 0.347 e. The number of halogens is 2. The Morgan fingerprint density at radius 1 is 1.23 bits per heavy atom. The van der Waals surface area contributed by atoms with E-state index in [1.54, 1.807) is 6.07 Å². The molecule has 0 atom stereocenters. The van der Waals surface area contributed by atoms with Crippen LogP contribution < -0.4 is 5.32 Å². The SMILES string of the molecule is Cn1c(C(=O)NCc2cc(F)cc(Br)c2)cc2ccccc21. The maximum Gasteiger partial charge on any atom is 0.268 e. The van der Waals surface area contributed by atoms with E-state index in [1.807, 2.05) is 41.9 Å². The lowest BCUT2D eigenvalue weighted by molar-refractivity contribution is 0.0943. The molecule has 1 amide bonds. The van der Waals surface area contributed by atoms with Gasteiger partial charge in [-0.3, -0.25) is 4.79 Å². The van der Waals surface area contributed by atoms with Crippen molar-refractivity contribution in [2.75, 3.05) is 0 Å². The average molecular weight is 361 g/mol. The standard InChI is InChI=1S/C17H14BrFN2O/c1-21-15-5-3-2-4-12(15)8-16(21)17(22)20-10-11-6-13(18)9-14(19)7-11/h2-9H,10H2,1H3,(H,20,22). The first-order chi connectivity index (χ1) is 10.5. The van der Waals surface area contributed by atoms with Crippen LogP contribution in [0, 0.1) is 5.82 Å². The molecule has 0 aliphatic heterocycles. The molecular formula is C17H14BrFN2O. The van der Waals surface area contributed by atoms with Gasteiger partial charge in [-0.15, -0.1) is 0 Å². The molecular weight excluding hydrogens is 347 g/mol. The van der Waals surface area contributed by atoms with Crippen LogP contribution in [0.3, 0.4) is 0 Å². The minimum absolute atomic E-state index is 0.181. The van der Waals surface area contributed by atoms with Crippen molar-refractivity contribution in [1.29, 1.82) is 0 Å². The number of amides is 1. The normalized spacial score (nSPS) is 10.9. The number of carbonyl (C=O) groups excluding carboxylic acids is 1. The Morgan fingerprint density at radius 3 is 2.73 bits per heavy atom. The van der Waals surface area contributed by atoms with Crippen LogP contribution >= 0.6 is 15.9 Å². The van der Waals surface area contributed by atoms with Gasteiger partial charge in [-0.2, -0.15) is 0 Å². The number of carbonyl (C=O) groups is 1. The molecule has 1 N–H and O–H groups in total. The molecule has 22 heavy (non-hydrogen) atoms. The molecule has 0 aliphatic carbocycles. The molecule has 2 aromatic carbocycles. The molecule has 0 saturated carbocycles. The lowest BCUT2D eigenvalue weighted by Crippen LogP contribution is -2.24. The second-order valence-electron chi connectivity index (χ2n) is 5.11. The zero-order valence-corrected chi connectivity index (χ0v) is 13.5. The van der Waals surface area contributed by atoms with Gasteiger partial charge in [-0.1, -0.05) is 34.1 Å². The second-order valence-corrected chi connectivity index (χ2v) is 6.02. The molecule has 112 valence electrons. The second kappa shape index (κ2) is 5.93. The summed E-state index contributed by atoms with van der Waals surface area (Å²) < 4.78 is 15.8. The Labute approximate surface area is 135 Å². The first-order valence-corrected chi connectivity index (χ1v) is 7.61. The number of rotatable bonds is 3. The molecule has 0 aliphatic rings. The maximum absolute atomic E-state index is 13.3. The van der Waals surface area contributed by atoms with Gasteiger partial charge in [0.05, 0.1) is 0 Å². The highest BCUT2D eigenvalue weighted by Gasteiger charge is 2.12. The van der Waals surface area contributed by atoms with Crippen LogP contribution in [-0.2, 0) is 13.6 Å². The van der Waals surface area contributed by atoms with Gasteiger partial charge in [-0.05, 0) is 35.9 Å². The van der Waals surface area contributed by atoms with Crippen molar-refractivity contribution in [1.82, 2.24) is 9.88 Å². The van der Waals surface area contributed by atoms with Crippen molar-refractivity contribution in [3.63, 3.8) is 0 Å². The van der Waals surface area contributed by atoms with Crippen LogP contribution in [0.15, 0.2) is 53.0 Å². The number of hydrogen-bond donors (Lipinski definition) is 1. The number of aryl methyl sites for hydroxylation is 1. The first kappa shape index (κ1) is 14.8. The van der Waals surface area contributed by atoms with E-state index in [-0.39, 0.29) is 18.3 Å². The number of nitrogens with one attached hydrogen (secondary N) is 1. The van der Waals surface area contributed by atoms with E-state index in [2.05, 4.69) is 21.2 Å². The van der Waals surface area contributed by atoms with Gasteiger partial charge in [0, 0.05) is 29.0 Å². The predicted octanol–water partition coefficient (Wildman–Crippen LogP) is 4.01. The summed E-state index contributed by atoms with van der Waals surface area (Å²) in [5.41, 5.74) is 2.29. The lowest BCUT2D eigenvalue weighted by atomic mass is 10.2. The van der Waals surface area contributed by atoms with E-state index in [9.17, 15) is 9.18 Å². The highest BCUT2D eigenvalue weighted by molar-refractivity contribution is 9.10. The van der Waals surface area contributed by atoms with E-state index >= 15 is 0 Å². The van der Waals surface area contributed by atoms with E-state index in [1.165, 1.54) is 12.1 Å². The Balaban J connectivity index is 1.80. The van der Waals surface area contributed by atoms with Gasteiger partial charge < -0.3 is 9.88 Å². The quantitative estimate of drug-likeness (QED) is 0.752. The molecule has 1 aromatic heterocycles. The summed E-state index contributed by atoms with van der Waals surface area (Å²) in [6.07, 6.45) is 0. The Bertz CT molecular complexity index is 837. The van der Waals surface area contributed by atoms with Crippen molar-refractivity contribution in [3.05, 3.63) is 70.1 Å². The molecule has 0 saturated heterocycles. The molecule has 0 bridgehead atoms. The van der Waals surface area contributed by atoms with Crippen LogP contribution in [0.5, 0.6) is 0 Å². The Kier molecular flexibility index (Phi) is 3.98. The highest BCUT2D eigenvalue weighted by atomic mass is 79.9. The molecule has 0 unspecified atom stereocenters. The predicted molar refractivity (Wildman–Crippen MR) is 88.2 cm³/mol. The molecule has 5 heteroatoms. The van der Waals surface area contributed by atoms with Crippen molar-refractivity contribution in [3.8, 4) is 0 Å². The van der Waals surface area contributed by atoms with Crippen LogP contribution in [0.1, 0.15) is 16.1 Å². The van der Waals surface area contributed by atoms with Crippen molar-refractivity contribution in [2.24, 2.45) is 7.05 Å². The van der Waals surface area contributed by atoms with Crippen LogP contribution in [0.25, 0.3) is 10.9 Å². The first-order valence-electron chi connectivity index (χ1n) is 6.82. The number of aromatic nitrogens is 1. The molecule has 0 fully saturated rings. The van der Waals surface area contributed by atoms with E-state index in [0.717, 1.165) is 10.9 Å².